The van der Waals surface area contributed by atoms with Crippen LogP contribution in [0.5, 0.6) is 0 Å². The Hall–Kier alpha value is -1.69. The fourth-order valence-electron chi connectivity index (χ4n) is 3.75. The summed E-state index contributed by atoms with van der Waals surface area (Å²) >= 11 is 0. The van der Waals surface area contributed by atoms with E-state index in [0.717, 1.165) is 56.1 Å². The molecule has 0 radical (unpaired) electrons. The third kappa shape index (κ3) is 2.99. The molecule has 1 N–H and O–H groups in total. The lowest BCUT2D eigenvalue weighted by Gasteiger charge is -2.37. The van der Waals surface area contributed by atoms with E-state index in [-0.39, 0.29) is 5.60 Å². The first-order valence-corrected chi connectivity index (χ1v) is 8.74. The van der Waals surface area contributed by atoms with Gasteiger partial charge in [-0.25, -0.2) is 4.98 Å². The van der Waals surface area contributed by atoms with Crippen molar-refractivity contribution >= 4 is 0 Å². The zero-order valence-corrected chi connectivity index (χ0v) is 14.1. The molecule has 2 saturated heterocycles. The zero-order chi connectivity index (χ0) is 16.4. The average Bonchev–Trinajstić information content (AvgIpc) is 3.18. The molecule has 5 heteroatoms. The number of nitrogens with zero attached hydrogens (tertiary/aromatic N) is 1. The van der Waals surface area contributed by atoms with Crippen LogP contribution in [0.4, 0.5) is 0 Å². The molecule has 1 aromatic heterocycles. The number of rotatable bonds is 4. The van der Waals surface area contributed by atoms with E-state index in [0.29, 0.717) is 18.5 Å². The van der Waals surface area contributed by atoms with Gasteiger partial charge in [0.1, 0.15) is 5.76 Å². The molecular formula is C19H24N2O3. The molecule has 1 atom stereocenters. The highest BCUT2D eigenvalue weighted by Crippen LogP contribution is 2.35. The van der Waals surface area contributed by atoms with Crippen molar-refractivity contribution in [3.8, 4) is 11.5 Å². The van der Waals surface area contributed by atoms with Crippen molar-refractivity contribution < 1.29 is 13.9 Å². The Labute approximate surface area is 142 Å². The minimum absolute atomic E-state index is 0.0611. The number of oxazole rings is 1. The average molecular weight is 328 g/mol. The Bertz CT molecular complexity index is 677. The molecule has 1 unspecified atom stereocenters. The van der Waals surface area contributed by atoms with Gasteiger partial charge < -0.3 is 19.2 Å². The SMILES string of the molecule is Cc1nc(-c2ccccc2)oc1CNC1CCOC12CCOCC2. The van der Waals surface area contributed by atoms with Gasteiger partial charge in [0, 0.05) is 44.3 Å². The van der Waals surface area contributed by atoms with Crippen LogP contribution >= 0.6 is 0 Å². The minimum atomic E-state index is -0.0611. The summed E-state index contributed by atoms with van der Waals surface area (Å²) in [5, 5.41) is 3.65. The number of benzene rings is 1. The summed E-state index contributed by atoms with van der Waals surface area (Å²) in [6.45, 7) is 5.09. The summed E-state index contributed by atoms with van der Waals surface area (Å²) in [5.74, 6) is 1.59. The number of hydrogen-bond acceptors (Lipinski definition) is 5. The van der Waals surface area contributed by atoms with Crippen molar-refractivity contribution in [2.75, 3.05) is 19.8 Å². The van der Waals surface area contributed by atoms with Gasteiger partial charge in [-0.2, -0.15) is 0 Å². The van der Waals surface area contributed by atoms with Gasteiger partial charge >= 0.3 is 0 Å². The van der Waals surface area contributed by atoms with E-state index in [2.05, 4.69) is 10.3 Å². The third-order valence-electron chi connectivity index (χ3n) is 5.19. The standard InChI is InChI=1S/C19H24N2O3/c1-14-16(24-18(21-14)15-5-3-2-4-6-15)13-20-17-7-10-23-19(17)8-11-22-12-9-19/h2-6,17,20H,7-13H2,1H3. The van der Waals surface area contributed by atoms with Crippen LogP contribution in [0.15, 0.2) is 34.7 Å². The number of hydrogen-bond donors (Lipinski definition) is 1. The van der Waals surface area contributed by atoms with Crippen molar-refractivity contribution in [1.29, 1.82) is 0 Å². The fraction of sp³-hybridized carbons (Fsp3) is 0.526. The Morgan fingerprint density at radius 1 is 1.17 bits per heavy atom. The fourth-order valence-corrected chi connectivity index (χ4v) is 3.75. The lowest BCUT2D eigenvalue weighted by molar-refractivity contribution is -0.0887. The lowest BCUT2D eigenvalue weighted by Crippen LogP contribution is -2.50. The van der Waals surface area contributed by atoms with Crippen LogP contribution in [-0.2, 0) is 16.0 Å². The number of aromatic nitrogens is 1. The predicted molar refractivity (Wildman–Crippen MR) is 90.7 cm³/mol. The van der Waals surface area contributed by atoms with Gasteiger partial charge in [-0.1, -0.05) is 18.2 Å². The Balaban J connectivity index is 1.45. The summed E-state index contributed by atoms with van der Waals surface area (Å²) < 4.78 is 17.6. The van der Waals surface area contributed by atoms with Gasteiger partial charge in [0.15, 0.2) is 0 Å². The zero-order valence-electron chi connectivity index (χ0n) is 14.1. The van der Waals surface area contributed by atoms with E-state index >= 15 is 0 Å². The predicted octanol–water partition coefficient (Wildman–Crippen LogP) is 3.08. The van der Waals surface area contributed by atoms with E-state index in [1.54, 1.807) is 0 Å². The van der Waals surface area contributed by atoms with Crippen molar-refractivity contribution in [2.24, 2.45) is 0 Å². The highest BCUT2D eigenvalue weighted by atomic mass is 16.5. The van der Waals surface area contributed by atoms with Crippen LogP contribution in [0.3, 0.4) is 0 Å². The highest BCUT2D eigenvalue weighted by molar-refractivity contribution is 5.53. The van der Waals surface area contributed by atoms with Gasteiger partial charge in [-0.3, -0.25) is 0 Å². The number of nitrogens with one attached hydrogen (secondary N) is 1. The van der Waals surface area contributed by atoms with Gasteiger partial charge in [0.05, 0.1) is 17.8 Å². The van der Waals surface area contributed by atoms with Crippen LogP contribution in [0.25, 0.3) is 11.5 Å². The van der Waals surface area contributed by atoms with Crippen molar-refractivity contribution in [3.63, 3.8) is 0 Å². The first-order chi connectivity index (χ1) is 11.8. The molecule has 4 rings (SSSR count). The van der Waals surface area contributed by atoms with Gasteiger partial charge in [-0.15, -0.1) is 0 Å². The molecule has 2 aromatic rings. The first-order valence-electron chi connectivity index (χ1n) is 8.74. The molecule has 0 bridgehead atoms. The number of aryl methyl sites for hydroxylation is 1. The molecule has 128 valence electrons. The summed E-state index contributed by atoms with van der Waals surface area (Å²) in [6, 6.07) is 10.4. The molecule has 3 heterocycles. The summed E-state index contributed by atoms with van der Waals surface area (Å²) in [5.41, 5.74) is 1.90. The van der Waals surface area contributed by atoms with E-state index in [1.165, 1.54) is 0 Å². The van der Waals surface area contributed by atoms with Crippen molar-refractivity contribution in [3.05, 3.63) is 41.8 Å². The second-order valence-corrected chi connectivity index (χ2v) is 6.64. The molecule has 2 aliphatic heterocycles. The molecule has 2 fully saturated rings. The maximum absolute atomic E-state index is 6.10. The maximum Gasteiger partial charge on any atom is 0.226 e. The molecule has 0 amide bonds. The second-order valence-electron chi connectivity index (χ2n) is 6.64. The summed E-state index contributed by atoms with van der Waals surface area (Å²) in [6.07, 6.45) is 2.98. The minimum Gasteiger partial charge on any atom is -0.440 e. The molecule has 1 aromatic carbocycles. The van der Waals surface area contributed by atoms with E-state index in [9.17, 15) is 0 Å². The summed E-state index contributed by atoms with van der Waals surface area (Å²) in [4.78, 5) is 4.57. The molecule has 0 aliphatic carbocycles. The Morgan fingerprint density at radius 3 is 2.75 bits per heavy atom. The Kier molecular flexibility index (Phi) is 4.39. The molecule has 1 spiro atoms. The van der Waals surface area contributed by atoms with Crippen LogP contribution < -0.4 is 5.32 Å². The molecule has 5 nitrogen and oxygen atoms in total. The van der Waals surface area contributed by atoms with E-state index < -0.39 is 0 Å². The largest absolute Gasteiger partial charge is 0.440 e. The maximum atomic E-state index is 6.10. The highest BCUT2D eigenvalue weighted by Gasteiger charge is 2.45. The van der Waals surface area contributed by atoms with Crippen molar-refractivity contribution in [2.45, 2.75) is 44.4 Å². The summed E-state index contributed by atoms with van der Waals surface area (Å²) in [7, 11) is 0. The van der Waals surface area contributed by atoms with Crippen LogP contribution in [0, 0.1) is 6.92 Å². The first kappa shape index (κ1) is 15.8. The topological polar surface area (TPSA) is 56.5 Å². The second kappa shape index (κ2) is 6.67. The number of ether oxygens (including phenoxy) is 2. The van der Waals surface area contributed by atoms with Crippen LogP contribution in [0.1, 0.15) is 30.7 Å². The molecule has 2 aliphatic rings. The van der Waals surface area contributed by atoms with Gasteiger partial charge in [0.25, 0.3) is 0 Å². The lowest BCUT2D eigenvalue weighted by atomic mass is 9.86. The molecule has 24 heavy (non-hydrogen) atoms. The van der Waals surface area contributed by atoms with Crippen LogP contribution in [0.2, 0.25) is 0 Å². The quantitative estimate of drug-likeness (QED) is 0.935. The smallest absolute Gasteiger partial charge is 0.226 e. The van der Waals surface area contributed by atoms with Crippen molar-refractivity contribution in [1.82, 2.24) is 10.3 Å². The van der Waals surface area contributed by atoms with Gasteiger partial charge in [0.2, 0.25) is 5.89 Å². The van der Waals surface area contributed by atoms with E-state index in [4.69, 9.17) is 13.9 Å². The Morgan fingerprint density at radius 2 is 1.96 bits per heavy atom. The van der Waals surface area contributed by atoms with E-state index in [1.807, 2.05) is 37.3 Å². The van der Waals surface area contributed by atoms with Crippen LogP contribution in [-0.4, -0.2) is 36.4 Å². The van der Waals surface area contributed by atoms with Gasteiger partial charge in [-0.05, 0) is 25.5 Å². The normalized spacial score (nSPS) is 23.0. The third-order valence-corrected chi connectivity index (χ3v) is 5.19. The molecule has 0 saturated carbocycles. The monoisotopic (exact) mass is 328 g/mol. The molecular weight excluding hydrogens is 304 g/mol.